The number of nitrogens with zero attached hydrogens (tertiary/aromatic N) is 3. The van der Waals surface area contributed by atoms with Crippen molar-refractivity contribution in [1.82, 2.24) is 15.2 Å². The van der Waals surface area contributed by atoms with Crippen molar-refractivity contribution in [2.24, 2.45) is 0 Å². The number of hydrogen-bond donors (Lipinski definition) is 1. The molecule has 80 valence electrons. The van der Waals surface area contributed by atoms with Crippen molar-refractivity contribution in [3.05, 3.63) is 29.3 Å². The predicted octanol–water partition coefficient (Wildman–Crippen LogP) is 2.73. The van der Waals surface area contributed by atoms with Crippen LogP contribution in [0.1, 0.15) is 5.56 Å². The molecule has 6 heteroatoms. The van der Waals surface area contributed by atoms with Crippen LogP contribution < -0.4 is 5.32 Å². The van der Waals surface area contributed by atoms with Gasteiger partial charge in [0.1, 0.15) is 11.0 Å². The van der Waals surface area contributed by atoms with Crippen molar-refractivity contribution in [2.75, 3.05) is 5.32 Å². The molecular weight excluding hydrogens is 224 g/mol. The Bertz CT molecular complexity index is 617. The Labute approximate surface area is 95.1 Å². The second kappa shape index (κ2) is 3.57. The molecule has 0 fully saturated rings. The molecular formula is C10H8N4OS. The zero-order valence-corrected chi connectivity index (χ0v) is 9.28. The summed E-state index contributed by atoms with van der Waals surface area (Å²) in [6.07, 6.45) is 0. The Morgan fingerprint density at radius 1 is 1.38 bits per heavy atom. The lowest BCUT2D eigenvalue weighted by Crippen LogP contribution is -1.88. The number of aryl methyl sites for hydroxylation is 1. The Hall–Kier alpha value is -1.95. The van der Waals surface area contributed by atoms with E-state index in [9.17, 15) is 0 Å². The average molecular weight is 232 g/mol. The molecule has 0 spiro atoms. The summed E-state index contributed by atoms with van der Waals surface area (Å²) in [6.45, 7) is 2.02. The van der Waals surface area contributed by atoms with Crippen LogP contribution in [0, 0.1) is 6.92 Å². The van der Waals surface area contributed by atoms with Gasteiger partial charge in [-0.2, -0.15) is 4.98 Å². The smallest absolute Gasteiger partial charge is 0.302 e. The molecule has 1 aromatic carbocycles. The minimum Gasteiger partial charge on any atom is -0.423 e. The first-order valence-corrected chi connectivity index (χ1v) is 5.59. The number of nitrogens with one attached hydrogen (secondary N) is 1. The minimum absolute atomic E-state index is 0.442. The number of rotatable bonds is 2. The highest BCUT2D eigenvalue weighted by Crippen LogP contribution is 2.23. The van der Waals surface area contributed by atoms with E-state index < -0.39 is 0 Å². The first-order valence-electron chi connectivity index (χ1n) is 4.72. The van der Waals surface area contributed by atoms with Gasteiger partial charge in [0.15, 0.2) is 5.58 Å². The first-order chi connectivity index (χ1) is 7.81. The van der Waals surface area contributed by atoms with Crippen LogP contribution in [-0.4, -0.2) is 15.2 Å². The van der Waals surface area contributed by atoms with Crippen LogP contribution in [0.5, 0.6) is 0 Å². The lowest BCUT2D eigenvalue weighted by Gasteiger charge is -1.91. The van der Waals surface area contributed by atoms with E-state index in [1.54, 1.807) is 5.51 Å². The summed E-state index contributed by atoms with van der Waals surface area (Å²) >= 11 is 1.40. The van der Waals surface area contributed by atoms with Gasteiger partial charge in [0, 0.05) is 0 Å². The largest absolute Gasteiger partial charge is 0.423 e. The Balaban J connectivity index is 1.99. The maximum Gasteiger partial charge on any atom is 0.302 e. The molecule has 0 unspecified atom stereocenters. The molecule has 0 aliphatic rings. The molecule has 0 radical (unpaired) electrons. The van der Waals surface area contributed by atoms with E-state index >= 15 is 0 Å². The van der Waals surface area contributed by atoms with Gasteiger partial charge in [-0.1, -0.05) is 17.4 Å². The third-order valence-electron chi connectivity index (χ3n) is 2.12. The highest BCUT2D eigenvalue weighted by atomic mass is 32.1. The number of hydrogen-bond acceptors (Lipinski definition) is 6. The second-order valence-electron chi connectivity index (χ2n) is 3.36. The SMILES string of the molecule is Cc1ccc2oc(Nc3nncs3)nc2c1. The summed E-state index contributed by atoms with van der Waals surface area (Å²) < 4.78 is 5.51. The Morgan fingerprint density at radius 3 is 3.12 bits per heavy atom. The van der Waals surface area contributed by atoms with Crippen molar-refractivity contribution < 1.29 is 4.42 Å². The number of oxazole rings is 1. The van der Waals surface area contributed by atoms with Gasteiger partial charge in [-0.25, -0.2) is 0 Å². The number of benzene rings is 1. The standard InChI is InChI=1S/C10H8N4OS/c1-6-2-3-8-7(4-6)12-9(15-8)13-10-14-11-5-16-10/h2-5H,1H3,(H,12,13,14). The van der Waals surface area contributed by atoms with E-state index in [2.05, 4.69) is 20.5 Å². The summed E-state index contributed by atoms with van der Waals surface area (Å²) in [5.41, 5.74) is 4.41. The fourth-order valence-electron chi connectivity index (χ4n) is 1.41. The molecule has 2 heterocycles. The van der Waals surface area contributed by atoms with Crippen molar-refractivity contribution in [2.45, 2.75) is 6.92 Å². The summed E-state index contributed by atoms with van der Waals surface area (Å²) in [6, 6.07) is 6.31. The lowest BCUT2D eigenvalue weighted by atomic mass is 10.2. The van der Waals surface area contributed by atoms with E-state index in [0.29, 0.717) is 11.1 Å². The van der Waals surface area contributed by atoms with Gasteiger partial charge < -0.3 is 4.42 Å². The monoisotopic (exact) mass is 232 g/mol. The molecule has 0 saturated heterocycles. The molecule has 0 atom stereocenters. The summed E-state index contributed by atoms with van der Waals surface area (Å²) in [7, 11) is 0. The van der Waals surface area contributed by atoms with Gasteiger partial charge in [0.2, 0.25) is 5.13 Å². The molecule has 0 aliphatic heterocycles. The van der Waals surface area contributed by atoms with Crippen LogP contribution in [0.15, 0.2) is 28.1 Å². The van der Waals surface area contributed by atoms with Crippen molar-refractivity contribution in [1.29, 1.82) is 0 Å². The molecule has 0 amide bonds. The van der Waals surface area contributed by atoms with Gasteiger partial charge in [-0.15, -0.1) is 10.2 Å². The van der Waals surface area contributed by atoms with Crippen LogP contribution in [0.25, 0.3) is 11.1 Å². The summed E-state index contributed by atoms with van der Waals surface area (Å²) in [5, 5.41) is 11.2. The van der Waals surface area contributed by atoms with Crippen LogP contribution in [0.4, 0.5) is 11.1 Å². The normalized spacial score (nSPS) is 10.8. The fraction of sp³-hybridized carbons (Fsp3) is 0.100. The number of aromatic nitrogens is 3. The lowest BCUT2D eigenvalue weighted by molar-refractivity contribution is 0.622. The highest BCUT2D eigenvalue weighted by molar-refractivity contribution is 7.13. The maximum atomic E-state index is 5.51. The fourth-order valence-corrected chi connectivity index (χ4v) is 1.84. The van der Waals surface area contributed by atoms with Crippen molar-refractivity contribution in [3.8, 4) is 0 Å². The van der Waals surface area contributed by atoms with Gasteiger partial charge in [0.05, 0.1) is 0 Å². The third-order valence-corrected chi connectivity index (χ3v) is 2.72. The average Bonchev–Trinajstić information content (AvgIpc) is 2.86. The molecule has 3 rings (SSSR count). The van der Waals surface area contributed by atoms with Crippen LogP contribution in [-0.2, 0) is 0 Å². The zero-order chi connectivity index (χ0) is 11.0. The predicted molar refractivity (Wildman–Crippen MR) is 61.9 cm³/mol. The Kier molecular flexibility index (Phi) is 2.07. The van der Waals surface area contributed by atoms with Crippen molar-refractivity contribution in [3.63, 3.8) is 0 Å². The molecule has 1 N–H and O–H groups in total. The van der Waals surface area contributed by atoms with Crippen molar-refractivity contribution >= 4 is 33.6 Å². The highest BCUT2D eigenvalue weighted by Gasteiger charge is 2.06. The number of anilines is 2. The van der Waals surface area contributed by atoms with Crippen LogP contribution in [0.2, 0.25) is 0 Å². The number of fused-ring (bicyclic) bond motifs is 1. The maximum absolute atomic E-state index is 5.51. The first kappa shape index (κ1) is 9.29. The molecule has 5 nitrogen and oxygen atoms in total. The topological polar surface area (TPSA) is 63.8 Å². The molecule has 3 aromatic rings. The molecule has 0 saturated carbocycles. The molecule has 16 heavy (non-hydrogen) atoms. The van der Waals surface area contributed by atoms with E-state index in [4.69, 9.17) is 4.42 Å². The zero-order valence-electron chi connectivity index (χ0n) is 8.47. The second-order valence-corrected chi connectivity index (χ2v) is 4.19. The van der Waals surface area contributed by atoms with E-state index in [1.807, 2.05) is 25.1 Å². The summed E-state index contributed by atoms with van der Waals surface area (Å²) in [4.78, 5) is 4.31. The van der Waals surface area contributed by atoms with Gasteiger partial charge >= 0.3 is 6.01 Å². The third kappa shape index (κ3) is 1.63. The van der Waals surface area contributed by atoms with Crippen LogP contribution in [0.3, 0.4) is 0 Å². The molecule has 2 aromatic heterocycles. The van der Waals surface area contributed by atoms with E-state index in [0.717, 1.165) is 16.7 Å². The van der Waals surface area contributed by atoms with Gasteiger partial charge in [0.25, 0.3) is 0 Å². The Morgan fingerprint density at radius 2 is 2.31 bits per heavy atom. The van der Waals surface area contributed by atoms with Gasteiger partial charge in [-0.3, -0.25) is 5.32 Å². The van der Waals surface area contributed by atoms with Gasteiger partial charge in [-0.05, 0) is 24.6 Å². The quantitative estimate of drug-likeness (QED) is 0.736. The molecule has 0 aliphatic carbocycles. The van der Waals surface area contributed by atoms with E-state index in [-0.39, 0.29) is 0 Å². The minimum atomic E-state index is 0.442. The summed E-state index contributed by atoms with van der Waals surface area (Å²) in [5.74, 6) is 0. The molecule has 0 bridgehead atoms. The van der Waals surface area contributed by atoms with Crippen LogP contribution >= 0.6 is 11.3 Å². The van der Waals surface area contributed by atoms with E-state index in [1.165, 1.54) is 11.3 Å².